The molecular formula is C23H25FN2O5S. The van der Waals surface area contributed by atoms with Crippen LogP contribution in [0.3, 0.4) is 0 Å². The van der Waals surface area contributed by atoms with Crippen LogP contribution in [0.4, 0.5) is 4.39 Å². The molecule has 2 aliphatic rings. The average molecular weight is 461 g/mol. The molecule has 0 saturated carbocycles. The van der Waals surface area contributed by atoms with E-state index in [1.807, 2.05) is 6.92 Å². The van der Waals surface area contributed by atoms with E-state index in [0.29, 0.717) is 18.6 Å². The number of carbonyl (C=O) groups is 1. The van der Waals surface area contributed by atoms with Crippen LogP contribution in [0, 0.1) is 12.7 Å². The number of sulfonamides is 1. The van der Waals surface area contributed by atoms with E-state index in [2.05, 4.69) is 5.48 Å². The number of benzene rings is 2. The van der Waals surface area contributed by atoms with Crippen molar-refractivity contribution in [1.29, 1.82) is 0 Å². The summed E-state index contributed by atoms with van der Waals surface area (Å²) in [6.45, 7) is 2.46. The highest BCUT2D eigenvalue weighted by Gasteiger charge is 2.31. The molecule has 170 valence electrons. The maximum absolute atomic E-state index is 13.2. The summed E-state index contributed by atoms with van der Waals surface area (Å²) in [6.07, 6.45) is 3.74. The van der Waals surface area contributed by atoms with Gasteiger partial charge in [-0.3, -0.25) is 4.79 Å². The molecule has 1 fully saturated rings. The molecule has 4 rings (SSSR count). The molecular weight excluding hydrogens is 435 g/mol. The molecule has 2 aliphatic heterocycles. The highest BCUT2D eigenvalue weighted by Crippen LogP contribution is 2.28. The van der Waals surface area contributed by atoms with E-state index in [4.69, 9.17) is 9.57 Å². The summed E-state index contributed by atoms with van der Waals surface area (Å²) in [5.74, 6) is -0.802. The molecule has 1 saturated heterocycles. The molecule has 0 aromatic heterocycles. The third-order valence-corrected chi connectivity index (χ3v) is 7.40. The van der Waals surface area contributed by atoms with Crippen molar-refractivity contribution in [1.82, 2.24) is 9.79 Å². The molecule has 1 atom stereocenters. The van der Waals surface area contributed by atoms with Crippen molar-refractivity contribution in [3.05, 3.63) is 65.5 Å². The van der Waals surface area contributed by atoms with Crippen molar-refractivity contribution < 1.29 is 27.2 Å². The molecule has 0 aliphatic carbocycles. The fourth-order valence-electron chi connectivity index (χ4n) is 3.77. The van der Waals surface area contributed by atoms with E-state index in [1.165, 1.54) is 22.5 Å². The summed E-state index contributed by atoms with van der Waals surface area (Å²) in [5.41, 5.74) is 5.07. The van der Waals surface area contributed by atoms with Crippen molar-refractivity contribution in [3.8, 4) is 11.1 Å². The Morgan fingerprint density at radius 2 is 1.97 bits per heavy atom. The highest BCUT2D eigenvalue weighted by molar-refractivity contribution is 7.89. The fraction of sp³-hybridized carbons (Fsp3) is 0.348. The summed E-state index contributed by atoms with van der Waals surface area (Å²) < 4.78 is 46.1. The molecule has 0 radical (unpaired) electrons. The molecule has 9 heteroatoms. The largest absolute Gasteiger partial charge is 0.350 e. The predicted molar refractivity (Wildman–Crippen MR) is 116 cm³/mol. The maximum atomic E-state index is 13.2. The molecule has 2 aromatic carbocycles. The summed E-state index contributed by atoms with van der Waals surface area (Å²) in [7, 11) is -3.79. The minimum absolute atomic E-state index is 0.0399. The first-order chi connectivity index (χ1) is 15.3. The van der Waals surface area contributed by atoms with Crippen molar-refractivity contribution in [2.75, 3.05) is 19.7 Å². The van der Waals surface area contributed by atoms with Crippen LogP contribution in [0.5, 0.6) is 0 Å². The first-order valence-corrected chi connectivity index (χ1v) is 11.9. The summed E-state index contributed by atoms with van der Waals surface area (Å²) in [5, 5.41) is 0. The lowest BCUT2D eigenvalue weighted by molar-refractivity contribution is -0.198. The van der Waals surface area contributed by atoms with Gasteiger partial charge in [0.1, 0.15) is 5.82 Å². The lowest BCUT2D eigenvalue weighted by atomic mass is 10.0. The van der Waals surface area contributed by atoms with E-state index < -0.39 is 22.2 Å². The van der Waals surface area contributed by atoms with Gasteiger partial charge in [0.25, 0.3) is 5.91 Å². The number of rotatable bonds is 6. The van der Waals surface area contributed by atoms with Gasteiger partial charge in [-0.05, 0) is 60.7 Å². The van der Waals surface area contributed by atoms with Crippen LogP contribution in [-0.4, -0.2) is 44.6 Å². The molecule has 2 heterocycles. The van der Waals surface area contributed by atoms with E-state index in [1.54, 1.807) is 30.3 Å². The normalized spacial score (nSPS) is 19.6. The minimum atomic E-state index is -3.79. The standard InChI is InChI=1S/C23H25FN2O5S/c1-16-14-20(9-10-21(16)17-5-7-19(24)8-6-17)32(28,29)26-12-11-18(15-26)23(27)25-31-22-4-2-3-13-30-22/h5-11,14,22H,2-4,12-13,15H2,1H3,(H,25,27). The summed E-state index contributed by atoms with van der Waals surface area (Å²) in [6, 6.07) is 10.9. The van der Waals surface area contributed by atoms with Crippen LogP contribution in [0.2, 0.25) is 0 Å². The van der Waals surface area contributed by atoms with E-state index in [-0.39, 0.29) is 23.8 Å². The number of halogens is 1. The molecule has 0 spiro atoms. The van der Waals surface area contributed by atoms with E-state index >= 15 is 0 Å². The van der Waals surface area contributed by atoms with Gasteiger partial charge in [0, 0.05) is 31.7 Å². The second-order valence-electron chi connectivity index (χ2n) is 7.86. The Balaban J connectivity index is 1.41. The van der Waals surface area contributed by atoms with Crippen molar-refractivity contribution in [3.63, 3.8) is 0 Å². The zero-order chi connectivity index (χ0) is 22.7. The van der Waals surface area contributed by atoms with Gasteiger partial charge in [-0.1, -0.05) is 24.3 Å². The van der Waals surface area contributed by atoms with Crippen LogP contribution in [0.25, 0.3) is 11.1 Å². The highest BCUT2D eigenvalue weighted by atomic mass is 32.2. The Hall–Kier alpha value is -2.59. The lowest BCUT2D eigenvalue weighted by Crippen LogP contribution is -2.36. The third-order valence-electron chi connectivity index (χ3n) is 5.59. The summed E-state index contributed by atoms with van der Waals surface area (Å²) >= 11 is 0. The maximum Gasteiger partial charge on any atom is 0.271 e. The predicted octanol–water partition coefficient (Wildman–Crippen LogP) is 3.31. The average Bonchev–Trinajstić information content (AvgIpc) is 3.30. The Morgan fingerprint density at radius 3 is 2.66 bits per heavy atom. The zero-order valence-electron chi connectivity index (χ0n) is 17.7. The van der Waals surface area contributed by atoms with Crippen molar-refractivity contribution in [2.45, 2.75) is 37.4 Å². The molecule has 1 N–H and O–H groups in total. The number of nitrogens with one attached hydrogen (secondary N) is 1. The molecule has 2 aromatic rings. The number of carbonyl (C=O) groups excluding carboxylic acids is 1. The van der Waals surface area contributed by atoms with Gasteiger partial charge in [-0.25, -0.2) is 23.1 Å². The molecule has 7 nitrogen and oxygen atoms in total. The van der Waals surface area contributed by atoms with E-state index in [9.17, 15) is 17.6 Å². The number of hydrogen-bond donors (Lipinski definition) is 1. The quantitative estimate of drug-likeness (QED) is 0.669. The van der Waals surface area contributed by atoms with Gasteiger partial charge in [0.15, 0.2) is 6.29 Å². The number of hydrogen-bond acceptors (Lipinski definition) is 5. The second kappa shape index (κ2) is 9.50. The molecule has 0 bridgehead atoms. The van der Waals surface area contributed by atoms with Gasteiger partial charge in [0.2, 0.25) is 10.0 Å². The Morgan fingerprint density at radius 1 is 1.19 bits per heavy atom. The Kier molecular flexibility index (Phi) is 6.71. The van der Waals surface area contributed by atoms with Crippen molar-refractivity contribution in [2.24, 2.45) is 0 Å². The third kappa shape index (κ3) is 4.91. The number of aryl methyl sites for hydroxylation is 1. The fourth-order valence-corrected chi connectivity index (χ4v) is 5.21. The van der Waals surface area contributed by atoms with Gasteiger partial charge in [0.05, 0.1) is 4.90 Å². The van der Waals surface area contributed by atoms with Gasteiger partial charge < -0.3 is 4.74 Å². The monoisotopic (exact) mass is 460 g/mol. The van der Waals surface area contributed by atoms with Crippen LogP contribution in [-0.2, 0) is 24.4 Å². The number of ether oxygens (including phenoxy) is 1. The molecule has 1 unspecified atom stereocenters. The van der Waals surface area contributed by atoms with Crippen LogP contribution >= 0.6 is 0 Å². The lowest BCUT2D eigenvalue weighted by Gasteiger charge is -2.22. The second-order valence-corrected chi connectivity index (χ2v) is 9.79. The van der Waals surface area contributed by atoms with E-state index in [0.717, 1.165) is 29.5 Å². The van der Waals surface area contributed by atoms with Crippen LogP contribution in [0.1, 0.15) is 24.8 Å². The number of hydroxylamine groups is 1. The molecule has 32 heavy (non-hydrogen) atoms. The molecule has 1 amide bonds. The summed E-state index contributed by atoms with van der Waals surface area (Å²) in [4.78, 5) is 17.8. The SMILES string of the molecule is Cc1cc(S(=O)(=O)N2CC=C(C(=O)NOC3CCCCO3)C2)ccc1-c1ccc(F)cc1. The van der Waals surface area contributed by atoms with Crippen LogP contribution in [0.15, 0.2) is 59.0 Å². The van der Waals surface area contributed by atoms with Gasteiger partial charge in [-0.2, -0.15) is 4.31 Å². The smallest absolute Gasteiger partial charge is 0.271 e. The first kappa shape index (κ1) is 22.6. The number of nitrogens with zero attached hydrogens (tertiary/aromatic N) is 1. The van der Waals surface area contributed by atoms with Gasteiger partial charge >= 0.3 is 0 Å². The van der Waals surface area contributed by atoms with Gasteiger partial charge in [-0.15, -0.1) is 0 Å². The first-order valence-electron chi connectivity index (χ1n) is 10.5. The van der Waals surface area contributed by atoms with Crippen molar-refractivity contribution >= 4 is 15.9 Å². The number of amides is 1. The topological polar surface area (TPSA) is 84.9 Å². The Bertz CT molecular complexity index is 1130. The Labute approximate surface area is 186 Å². The zero-order valence-corrected chi connectivity index (χ0v) is 18.5. The minimum Gasteiger partial charge on any atom is -0.350 e. The van der Waals surface area contributed by atoms with Crippen LogP contribution < -0.4 is 5.48 Å².